The number of aromatic nitrogens is 1. The number of nitrogen functional groups attached to an aromatic ring is 2. The molecule has 1 heterocycles. The number of nitrogens with two attached hydrogens (primary N) is 2. The maximum atomic E-state index is 5.79. The van der Waals surface area contributed by atoms with E-state index in [2.05, 4.69) is 11.1 Å². The molecule has 22 heavy (non-hydrogen) atoms. The van der Waals surface area contributed by atoms with Crippen molar-refractivity contribution in [3.8, 4) is 0 Å². The van der Waals surface area contributed by atoms with Gasteiger partial charge in [0.1, 0.15) is 0 Å². The van der Waals surface area contributed by atoms with Crippen molar-refractivity contribution in [1.29, 1.82) is 0 Å². The Labute approximate surface area is 129 Å². The molecule has 0 spiro atoms. The second kappa shape index (κ2) is 6.14. The molecule has 0 aliphatic heterocycles. The first-order chi connectivity index (χ1) is 10.7. The molecule has 3 heteroatoms. The molecule has 3 nitrogen and oxygen atoms in total. The van der Waals surface area contributed by atoms with Crippen molar-refractivity contribution in [3.05, 3.63) is 89.7 Å². The molecule has 0 aliphatic rings. The van der Waals surface area contributed by atoms with E-state index < -0.39 is 0 Å². The zero-order chi connectivity index (χ0) is 15.4. The normalized spacial score (nSPS) is 10.2. The number of nitrogens with zero attached hydrogens (tertiary/aromatic N) is 1. The first-order valence-electron chi connectivity index (χ1n) is 7.07. The predicted molar refractivity (Wildman–Crippen MR) is 92.9 cm³/mol. The van der Waals surface area contributed by atoms with Crippen molar-refractivity contribution in [3.63, 3.8) is 0 Å². The summed E-state index contributed by atoms with van der Waals surface area (Å²) in [5.74, 6) is 0. The van der Waals surface area contributed by atoms with E-state index in [1.165, 1.54) is 0 Å². The van der Waals surface area contributed by atoms with Crippen LogP contribution in [0.2, 0.25) is 0 Å². The summed E-state index contributed by atoms with van der Waals surface area (Å²) in [5, 5.41) is 0. The summed E-state index contributed by atoms with van der Waals surface area (Å²) in [6, 6.07) is 21.5. The third-order valence-electron chi connectivity index (χ3n) is 3.42. The Morgan fingerprint density at radius 2 is 1.27 bits per heavy atom. The average Bonchev–Trinajstić information content (AvgIpc) is 2.56. The second-order valence-electron chi connectivity index (χ2n) is 5.06. The lowest BCUT2D eigenvalue weighted by Crippen LogP contribution is -1.92. The summed E-state index contributed by atoms with van der Waals surface area (Å²) in [4.78, 5) is 4.38. The lowest BCUT2D eigenvalue weighted by Gasteiger charge is -2.09. The largest absolute Gasteiger partial charge is 0.399 e. The van der Waals surface area contributed by atoms with Gasteiger partial charge in [-0.05, 0) is 59.2 Å². The molecule has 0 unspecified atom stereocenters. The zero-order valence-corrected chi connectivity index (χ0v) is 12.1. The smallest absolute Gasteiger partial charge is 0.0636 e. The van der Waals surface area contributed by atoms with Gasteiger partial charge in [0, 0.05) is 17.6 Å². The van der Waals surface area contributed by atoms with E-state index in [1.807, 2.05) is 66.7 Å². The summed E-state index contributed by atoms with van der Waals surface area (Å²) in [6.45, 7) is 0. The number of anilines is 2. The van der Waals surface area contributed by atoms with E-state index >= 15 is 0 Å². The Morgan fingerprint density at radius 3 is 1.73 bits per heavy atom. The van der Waals surface area contributed by atoms with Crippen molar-refractivity contribution in [1.82, 2.24) is 4.98 Å². The number of hydrogen-bond donors (Lipinski definition) is 2. The molecule has 0 amide bonds. The van der Waals surface area contributed by atoms with E-state index in [-0.39, 0.29) is 0 Å². The molecule has 0 fully saturated rings. The quantitative estimate of drug-likeness (QED) is 0.719. The number of pyridine rings is 1. The van der Waals surface area contributed by atoms with Gasteiger partial charge in [-0.15, -0.1) is 0 Å². The van der Waals surface area contributed by atoms with E-state index in [1.54, 1.807) is 6.20 Å². The highest BCUT2D eigenvalue weighted by Crippen LogP contribution is 2.27. The highest BCUT2D eigenvalue weighted by Gasteiger charge is 2.06. The fourth-order valence-electron chi connectivity index (χ4n) is 2.27. The summed E-state index contributed by atoms with van der Waals surface area (Å²) >= 11 is 0. The van der Waals surface area contributed by atoms with Crippen LogP contribution >= 0.6 is 0 Å². The minimum Gasteiger partial charge on any atom is -0.399 e. The SMILES string of the molecule is Nc1ccc(C(=Cc2ccccn2)c2ccc(N)cc2)cc1. The lowest BCUT2D eigenvalue weighted by molar-refractivity contribution is 1.30. The highest BCUT2D eigenvalue weighted by atomic mass is 14.6. The molecule has 1 aromatic heterocycles. The van der Waals surface area contributed by atoms with Crippen molar-refractivity contribution in [2.75, 3.05) is 11.5 Å². The molecular formula is C19H17N3. The predicted octanol–water partition coefficient (Wildman–Crippen LogP) is 3.83. The van der Waals surface area contributed by atoms with E-state index in [4.69, 9.17) is 11.5 Å². The van der Waals surface area contributed by atoms with Crippen LogP contribution in [0.3, 0.4) is 0 Å². The fraction of sp³-hybridized carbons (Fsp3) is 0. The highest BCUT2D eigenvalue weighted by molar-refractivity contribution is 5.91. The fourth-order valence-corrected chi connectivity index (χ4v) is 2.27. The molecular weight excluding hydrogens is 270 g/mol. The van der Waals surface area contributed by atoms with Crippen molar-refractivity contribution < 1.29 is 0 Å². The molecule has 0 aliphatic carbocycles. The van der Waals surface area contributed by atoms with Gasteiger partial charge in [-0.1, -0.05) is 30.3 Å². The standard InChI is InChI=1S/C19H17N3/c20-16-8-4-14(5-9-16)19(13-18-3-1-2-12-22-18)15-6-10-17(21)11-7-15/h1-13H,20-21H2. The third-order valence-corrected chi connectivity index (χ3v) is 3.42. The van der Waals surface area contributed by atoms with E-state index in [0.717, 1.165) is 33.8 Å². The van der Waals surface area contributed by atoms with Crippen LogP contribution in [-0.2, 0) is 0 Å². The molecule has 4 N–H and O–H groups in total. The third kappa shape index (κ3) is 3.15. The molecule has 0 saturated carbocycles. The van der Waals surface area contributed by atoms with E-state index in [9.17, 15) is 0 Å². The number of benzene rings is 2. The van der Waals surface area contributed by atoms with Gasteiger partial charge < -0.3 is 11.5 Å². The van der Waals surface area contributed by atoms with Crippen molar-refractivity contribution in [2.45, 2.75) is 0 Å². The van der Waals surface area contributed by atoms with Crippen LogP contribution in [0.25, 0.3) is 11.6 Å². The van der Waals surface area contributed by atoms with Gasteiger partial charge in [-0.3, -0.25) is 4.98 Å². The average molecular weight is 287 g/mol. The van der Waals surface area contributed by atoms with Crippen LogP contribution in [0.15, 0.2) is 72.9 Å². The molecule has 2 aromatic carbocycles. The Balaban J connectivity index is 2.11. The van der Waals surface area contributed by atoms with Gasteiger partial charge >= 0.3 is 0 Å². The molecule has 3 aromatic rings. The van der Waals surface area contributed by atoms with Gasteiger partial charge in [0.05, 0.1) is 5.69 Å². The zero-order valence-electron chi connectivity index (χ0n) is 12.1. The summed E-state index contributed by atoms with van der Waals surface area (Å²) in [6.07, 6.45) is 3.85. The van der Waals surface area contributed by atoms with Gasteiger partial charge in [-0.25, -0.2) is 0 Å². The molecule has 0 atom stereocenters. The van der Waals surface area contributed by atoms with E-state index in [0.29, 0.717) is 0 Å². The molecule has 108 valence electrons. The Kier molecular flexibility index (Phi) is 3.88. The number of rotatable bonds is 3. The number of hydrogen-bond acceptors (Lipinski definition) is 3. The monoisotopic (exact) mass is 287 g/mol. The Morgan fingerprint density at radius 1 is 0.727 bits per heavy atom. The first kappa shape index (κ1) is 13.9. The van der Waals surface area contributed by atoms with Crippen LogP contribution in [0, 0.1) is 0 Å². The van der Waals surface area contributed by atoms with Crippen LogP contribution in [0.1, 0.15) is 16.8 Å². The summed E-state index contributed by atoms with van der Waals surface area (Å²) in [7, 11) is 0. The molecule has 0 saturated heterocycles. The summed E-state index contributed by atoms with van der Waals surface area (Å²) < 4.78 is 0. The first-order valence-corrected chi connectivity index (χ1v) is 7.07. The maximum Gasteiger partial charge on any atom is 0.0636 e. The second-order valence-corrected chi connectivity index (χ2v) is 5.06. The van der Waals surface area contributed by atoms with Crippen LogP contribution < -0.4 is 11.5 Å². The van der Waals surface area contributed by atoms with Crippen molar-refractivity contribution in [2.24, 2.45) is 0 Å². The summed E-state index contributed by atoms with van der Waals surface area (Å²) in [5.41, 5.74) is 17.2. The topological polar surface area (TPSA) is 64.9 Å². The lowest BCUT2D eigenvalue weighted by atomic mass is 9.96. The molecule has 3 rings (SSSR count). The van der Waals surface area contributed by atoms with Gasteiger partial charge in [-0.2, -0.15) is 0 Å². The van der Waals surface area contributed by atoms with Crippen molar-refractivity contribution >= 4 is 23.0 Å². The van der Waals surface area contributed by atoms with Crippen LogP contribution in [-0.4, -0.2) is 4.98 Å². The van der Waals surface area contributed by atoms with Gasteiger partial charge in [0.15, 0.2) is 0 Å². The van der Waals surface area contributed by atoms with Crippen LogP contribution in [0.4, 0.5) is 11.4 Å². The minimum absolute atomic E-state index is 0.748. The van der Waals surface area contributed by atoms with Gasteiger partial charge in [0.2, 0.25) is 0 Å². The maximum absolute atomic E-state index is 5.79. The molecule has 0 radical (unpaired) electrons. The van der Waals surface area contributed by atoms with Gasteiger partial charge in [0.25, 0.3) is 0 Å². The van der Waals surface area contributed by atoms with Crippen LogP contribution in [0.5, 0.6) is 0 Å². The molecule has 0 bridgehead atoms. The minimum atomic E-state index is 0.748. The Bertz CT molecular complexity index is 726. The Hall–Kier alpha value is -3.07.